The van der Waals surface area contributed by atoms with E-state index >= 15 is 0 Å². The number of likely N-dealkylation sites (N-methyl/N-ethyl adjacent to an activating group) is 1. The zero-order valence-corrected chi connectivity index (χ0v) is 9.40. The Morgan fingerprint density at radius 3 is 3.00 bits per heavy atom. The third kappa shape index (κ3) is 2.26. The number of nitrogens with zero attached hydrogens (tertiary/aromatic N) is 3. The maximum atomic E-state index is 4.24. The molecule has 0 saturated carbocycles. The first-order chi connectivity index (χ1) is 7.31. The minimum atomic E-state index is 0.576. The van der Waals surface area contributed by atoms with Gasteiger partial charge < -0.3 is 10.2 Å². The van der Waals surface area contributed by atoms with Crippen molar-refractivity contribution in [2.45, 2.75) is 25.8 Å². The van der Waals surface area contributed by atoms with E-state index in [4.69, 9.17) is 0 Å². The highest BCUT2D eigenvalue weighted by Gasteiger charge is 2.24. The number of anilines is 1. The van der Waals surface area contributed by atoms with Crippen LogP contribution in [0.2, 0.25) is 0 Å². The first kappa shape index (κ1) is 10.4. The van der Waals surface area contributed by atoms with E-state index in [1.807, 2.05) is 20.0 Å². The summed E-state index contributed by atoms with van der Waals surface area (Å²) in [5.74, 6) is 1.01. The van der Waals surface area contributed by atoms with E-state index in [1.54, 1.807) is 0 Å². The van der Waals surface area contributed by atoms with Gasteiger partial charge in [0.2, 0.25) is 0 Å². The van der Waals surface area contributed by atoms with Crippen molar-refractivity contribution >= 4 is 5.82 Å². The lowest BCUT2D eigenvalue weighted by molar-refractivity contribution is 0.609. The second-order valence-electron chi connectivity index (χ2n) is 4.08. The van der Waals surface area contributed by atoms with Gasteiger partial charge in [-0.25, -0.2) is 0 Å². The normalized spacial score (nSPS) is 20.9. The van der Waals surface area contributed by atoms with E-state index in [-0.39, 0.29) is 0 Å². The molecule has 1 aliphatic heterocycles. The summed E-state index contributed by atoms with van der Waals surface area (Å²) in [5, 5.41) is 11.6. The average Bonchev–Trinajstić information content (AvgIpc) is 2.68. The van der Waals surface area contributed by atoms with Crippen LogP contribution in [0, 0.1) is 6.92 Å². The van der Waals surface area contributed by atoms with Crippen LogP contribution in [0.25, 0.3) is 0 Å². The highest BCUT2D eigenvalue weighted by Crippen LogP contribution is 2.22. The van der Waals surface area contributed by atoms with Gasteiger partial charge in [-0.15, -0.1) is 5.10 Å². The molecule has 1 fully saturated rings. The Balaban J connectivity index is 2.11. The monoisotopic (exact) mass is 206 g/mol. The van der Waals surface area contributed by atoms with E-state index in [2.05, 4.69) is 26.5 Å². The van der Waals surface area contributed by atoms with Gasteiger partial charge >= 0.3 is 0 Å². The Labute approximate surface area is 90.7 Å². The highest BCUT2D eigenvalue weighted by atomic mass is 15.3. The highest BCUT2D eigenvalue weighted by molar-refractivity contribution is 5.40. The Morgan fingerprint density at radius 2 is 2.33 bits per heavy atom. The third-order valence-electron chi connectivity index (χ3n) is 2.89. The zero-order chi connectivity index (χ0) is 10.7. The summed E-state index contributed by atoms with van der Waals surface area (Å²) in [6, 6.07) is 4.67. The average molecular weight is 206 g/mol. The van der Waals surface area contributed by atoms with Crippen LogP contribution in [0.15, 0.2) is 12.1 Å². The number of rotatable bonds is 3. The summed E-state index contributed by atoms with van der Waals surface area (Å²) in [6.45, 7) is 4.09. The molecule has 0 aliphatic carbocycles. The quantitative estimate of drug-likeness (QED) is 0.800. The van der Waals surface area contributed by atoms with Gasteiger partial charge in [0.1, 0.15) is 0 Å². The van der Waals surface area contributed by atoms with Crippen LogP contribution < -0.4 is 10.2 Å². The molecule has 82 valence electrons. The zero-order valence-electron chi connectivity index (χ0n) is 9.40. The van der Waals surface area contributed by atoms with Crippen molar-refractivity contribution in [3.63, 3.8) is 0 Å². The number of hydrogen-bond acceptors (Lipinski definition) is 4. The first-order valence-electron chi connectivity index (χ1n) is 5.53. The molecule has 1 saturated heterocycles. The van der Waals surface area contributed by atoms with Gasteiger partial charge in [-0.3, -0.25) is 0 Å². The summed E-state index contributed by atoms with van der Waals surface area (Å²) in [7, 11) is 2.00. The molecule has 15 heavy (non-hydrogen) atoms. The number of hydrogen-bond donors (Lipinski definition) is 1. The number of aryl methyl sites for hydroxylation is 1. The lowest BCUT2D eigenvalue weighted by Gasteiger charge is -2.24. The number of aromatic nitrogens is 2. The van der Waals surface area contributed by atoms with Crippen LogP contribution in [-0.4, -0.2) is 36.4 Å². The molecule has 1 unspecified atom stereocenters. The molecule has 2 rings (SSSR count). The molecule has 0 aromatic carbocycles. The minimum absolute atomic E-state index is 0.576. The van der Waals surface area contributed by atoms with Gasteiger partial charge in [0.15, 0.2) is 5.82 Å². The standard InChI is InChI=1S/C11H18N4/c1-9-5-6-11(14-13-9)15-7-3-4-10(15)8-12-2/h5-6,10,12H,3-4,7-8H2,1-2H3. The Bertz CT molecular complexity index is 309. The summed E-state index contributed by atoms with van der Waals surface area (Å²) in [5.41, 5.74) is 0.975. The van der Waals surface area contributed by atoms with Crippen LogP contribution in [0.3, 0.4) is 0 Å². The summed E-state index contributed by atoms with van der Waals surface area (Å²) in [6.07, 6.45) is 2.50. The van der Waals surface area contributed by atoms with E-state index in [0.29, 0.717) is 6.04 Å². The molecular formula is C11H18N4. The second-order valence-corrected chi connectivity index (χ2v) is 4.08. The molecule has 1 aromatic heterocycles. The van der Waals surface area contributed by atoms with Gasteiger partial charge in [0.25, 0.3) is 0 Å². The Kier molecular flexibility index (Phi) is 3.16. The molecule has 4 heteroatoms. The van der Waals surface area contributed by atoms with E-state index in [1.165, 1.54) is 12.8 Å². The molecule has 1 atom stereocenters. The maximum absolute atomic E-state index is 4.24. The van der Waals surface area contributed by atoms with Crippen molar-refractivity contribution in [1.29, 1.82) is 0 Å². The third-order valence-corrected chi connectivity index (χ3v) is 2.89. The molecule has 0 bridgehead atoms. The molecule has 0 amide bonds. The molecule has 1 aliphatic rings. The van der Waals surface area contributed by atoms with Gasteiger partial charge in [-0.1, -0.05) is 0 Å². The summed E-state index contributed by atoms with van der Waals surface area (Å²) < 4.78 is 0. The van der Waals surface area contributed by atoms with E-state index in [9.17, 15) is 0 Å². The van der Waals surface area contributed by atoms with E-state index < -0.39 is 0 Å². The summed E-state index contributed by atoms with van der Waals surface area (Å²) in [4.78, 5) is 2.35. The van der Waals surface area contributed by atoms with Crippen molar-refractivity contribution in [1.82, 2.24) is 15.5 Å². The van der Waals surface area contributed by atoms with Crippen LogP contribution in [-0.2, 0) is 0 Å². The fourth-order valence-electron chi connectivity index (χ4n) is 2.13. The second kappa shape index (κ2) is 4.57. The van der Waals surface area contributed by atoms with Gasteiger partial charge in [0.05, 0.1) is 5.69 Å². The first-order valence-corrected chi connectivity index (χ1v) is 5.53. The smallest absolute Gasteiger partial charge is 0.151 e. The SMILES string of the molecule is CNCC1CCCN1c1ccc(C)nn1. The van der Waals surface area contributed by atoms with Crippen molar-refractivity contribution in [3.8, 4) is 0 Å². The minimum Gasteiger partial charge on any atom is -0.351 e. The summed E-state index contributed by atoms with van der Waals surface area (Å²) >= 11 is 0. The fraction of sp³-hybridized carbons (Fsp3) is 0.636. The maximum Gasteiger partial charge on any atom is 0.151 e. The lowest BCUT2D eigenvalue weighted by atomic mass is 10.2. The van der Waals surface area contributed by atoms with Gasteiger partial charge in [-0.05, 0) is 38.9 Å². The Morgan fingerprint density at radius 1 is 1.47 bits per heavy atom. The van der Waals surface area contributed by atoms with Gasteiger partial charge in [0, 0.05) is 19.1 Å². The van der Waals surface area contributed by atoms with Crippen LogP contribution >= 0.6 is 0 Å². The molecule has 0 spiro atoms. The molecule has 1 aromatic rings. The lowest BCUT2D eigenvalue weighted by Crippen LogP contribution is -2.37. The van der Waals surface area contributed by atoms with E-state index in [0.717, 1.165) is 24.6 Å². The van der Waals surface area contributed by atoms with Crippen molar-refractivity contribution in [3.05, 3.63) is 17.8 Å². The number of nitrogens with one attached hydrogen (secondary N) is 1. The molecule has 1 N–H and O–H groups in total. The van der Waals surface area contributed by atoms with Crippen LogP contribution in [0.4, 0.5) is 5.82 Å². The fourth-order valence-corrected chi connectivity index (χ4v) is 2.13. The van der Waals surface area contributed by atoms with Crippen LogP contribution in [0.5, 0.6) is 0 Å². The van der Waals surface area contributed by atoms with Gasteiger partial charge in [-0.2, -0.15) is 5.10 Å². The molecular weight excluding hydrogens is 188 g/mol. The van der Waals surface area contributed by atoms with Crippen molar-refractivity contribution < 1.29 is 0 Å². The topological polar surface area (TPSA) is 41.0 Å². The van der Waals surface area contributed by atoms with Crippen molar-refractivity contribution in [2.75, 3.05) is 25.0 Å². The largest absolute Gasteiger partial charge is 0.351 e. The Hall–Kier alpha value is -1.16. The predicted molar refractivity (Wildman–Crippen MR) is 61.1 cm³/mol. The van der Waals surface area contributed by atoms with Crippen LogP contribution in [0.1, 0.15) is 18.5 Å². The molecule has 2 heterocycles. The predicted octanol–water partition coefficient (Wildman–Crippen LogP) is 0.973. The molecule has 0 radical (unpaired) electrons. The van der Waals surface area contributed by atoms with Crippen molar-refractivity contribution in [2.24, 2.45) is 0 Å². The molecule has 4 nitrogen and oxygen atoms in total.